The van der Waals surface area contributed by atoms with Crippen LogP contribution < -0.4 is 0 Å². The molecule has 0 spiro atoms. The highest BCUT2D eigenvalue weighted by atomic mass is 16.7. The molecule has 9 heteroatoms. The maximum atomic E-state index is 12.7. The largest absolute Gasteiger partial charge is 0.457 e. The van der Waals surface area contributed by atoms with E-state index in [4.69, 9.17) is 18.9 Å². The molecule has 9 nitrogen and oxygen atoms in total. The van der Waals surface area contributed by atoms with Gasteiger partial charge in [0.1, 0.15) is 30.5 Å². The quantitative estimate of drug-likeness (QED) is 0.0355. The molecule has 1 heterocycles. The average molecular weight is 773 g/mol. The molecular formula is C45H88O9. The van der Waals surface area contributed by atoms with Crippen LogP contribution in [0.2, 0.25) is 0 Å². The second kappa shape index (κ2) is 37.7. The summed E-state index contributed by atoms with van der Waals surface area (Å²) < 4.78 is 22.8. The van der Waals surface area contributed by atoms with E-state index in [0.717, 1.165) is 32.1 Å². The van der Waals surface area contributed by atoms with Crippen molar-refractivity contribution in [2.75, 3.05) is 26.4 Å². The molecule has 0 aromatic heterocycles. The van der Waals surface area contributed by atoms with Gasteiger partial charge in [-0.15, -0.1) is 0 Å². The smallest absolute Gasteiger partial charge is 0.306 e. The number of hydrogen-bond donors (Lipinski definition) is 4. The fourth-order valence-electron chi connectivity index (χ4n) is 7.38. The zero-order chi connectivity index (χ0) is 39.3. The zero-order valence-corrected chi connectivity index (χ0v) is 35.3. The van der Waals surface area contributed by atoms with E-state index in [1.165, 1.54) is 167 Å². The van der Waals surface area contributed by atoms with Gasteiger partial charge in [-0.3, -0.25) is 4.79 Å². The minimum absolute atomic E-state index is 0.105. The summed E-state index contributed by atoms with van der Waals surface area (Å²) in [5.41, 5.74) is 0. The Balaban J connectivity index is 2.21. The van der Waals surface area contributed by atoms with Gasteiger partial charge < -0.3 is 39.4 Å². The van der Waals surface area contributed by atoms with Crippen LogP contribution in [0.15, 0.2) is 0 Å². The van der Waals surface area contributed by atoms with Crippen molar-refractivity contribution < 1.29 is 44.2 Å². The molecule has 1 aliphatic heterocycles. The first-order valence-corrected chi connectivity index (χ1v) is 23.1. The second-order valence-electron chi connectivity index (χ2n) is 16.2. The van der Waals surface area contributed by atoms with E-state index in [-0.39, 0.29) is 19.2 Å². The van der Waals surface area contributed by atoms with Crippen LogP contribution in [-0.2, 0) is 23.7 Å². The normalized spacial score (nSPS) is 20.7. The lowest BCUT2D eigenvalue weighted by atomic mass is 9.99. The van der Waals surface area contributed by atoms with Crippen LogP contribution in [-0.4, -0.2) is 89.6 Å². The standard InChI is InChI=1S/C45H88O9/c1-3-5-7-9-11-13-15-17-18-19-20-21-22-23-25-27-29-31-33-35-51-37-39(38-52-45-44(50)43(49)42(48)40(36-46)54-45)53-41(47)34-32-30-28-26-24-16-14-12-10-8-6-4-2/h39-40,42-46,48-50H,3-38H2,1-2H3. The molecule has 6 atom stereocenters. The SMILES string of the molecule is CCCCCCCCCCCCCCCCCCCCCOCC(COC1OC(CO)C(O)C(O)C1O)OC(=O)CCCCCCCCCCCCCC. The lowest BCUT2D eigenvalue weighted by Crippen LogP contribution is -2.59. The molecule has 54 heavy (non-hydrogen) atoms. The van der Waals surface area contributed by atoms with Gasteiger partial charge in [-0.2, -0.15) is 0 Å². The number of carbonyl (C=O) groups is 1. The van der Waals surface area contributed by atoms with Gasteiger partial charge in [0, 0.05) is 13.0 Å². The fraction of sp³-hybridized carbons (Fsp3) is 0.978. The molecule has 322 valence electrons. The van der Waals surface area contributed by atoms with Gasteiger partial charge in [0.2, 0.25) is 0 Å². The topological polar surface area (TPSA) is 135 Å². The summed E-state index contributed by atoms with van der Waals surface area (Å²) in [6.07, 6.45) is 32.7. The molecule has 6 unspecified atom stereocenters. The fourth-order valence-corrected chi connectivity index (χ4v) is 7.38. The van der Waals surface area contributed by atoms with Gasteiger partial charge in [0.25, 0.3) is 0 Å². The van der Waals surface area contributed by atoms with E-state index in [0.29, 0.717) is 13.0 Å². The van der Waals surface area contributed by atoms with E-state index in [1.54, 1.807) is 0 Å². The van der Waals surface area contributed by atoms with Crippen LogP contribution in [0.25, 0.3) is 0 Å². The molecule has 1 saturated heterocycles. The Morgan fingerprint density at radius 3 is 1.31 bits per heavy atom. The first-order valence-electron chi connectivity index (χ1n) is 23.1. The Morgan fingerprint density at radius 1 is 0.519 bits per heavy atom. The monoisotopic (exact) mass is 773 g/mol. The van der Waals surface area contributed by atoms with E-state index in [9.17, 15) is 25.2 Å². The third kappa shape index (κ3) is 28.6. The summed E-state index contributed by atoms with van der Waals surface area (Å²) in [5.74, 6) is -0.309. The maximum absolute atomic E-state index is 12.7. The van der Waals surface area contributed by atoms with Crippen molar-refractivity contribution in [1.82, 2.24) is 0 Å². The van der Waals surface area contributed by atoms with Crippen molar-refractivity contribution in [3.05, 3.63) is 0 Å². The summed E-state index contributed by atoms with van der Waals surface area (Å²) in [6, 6.07) is 0. The molecule has 0 saturated carbocycles. The predicted octanol–water partition coefficient (Wildman–Crippen LogP) is 10.3. The van der Waals surface area contributed by atoms with Crippen LogP contribution in [0, 0.1) is 0 Å². The van der Waals surface area contributed by atoms with E-state index >= 15 is 0 Å². The maximum Gasteiger partial charge on any atom is 0.306 e. The van der Waals surface area contributed by atoms with Crippen molar-refractivity contribution in [3.8, 4) is 0 Å². The lowest BCUT2D eigenvalue weighted by molar-refractivity contribution is -0.305. The third-order valence-corrected chi connectivity index (χ3v) is 11.0. The van der Waals surface area contributed by atoms with Crippen LogP contribution in [0.1, 0.15) is 219 Å². The van der Waals surface area contributed by atoms with Crippen LogP contribution >= 0.6 is 0 Å². The molecule has 0 aromatic rings. The number of ether oxygens (including phenoxy) is 4. The van der Waals surface area contributed by atoms with Gasteiger partial charge in [-0.05, 0) is 12.8 Å². The summed E-state index contributed by atoms with van der Waals surface area (Å²) in [4.78, 5) is 12.7. The molecule has 1 fully saturated rings. The van der Waals surface area contributed by atoms with Crippen molar-refractivity contribution in [3.63, 3.8) is 0 Å². The Labute approximate surface area is 332 Å². The molecule has 1 rings (SSSR count). The van der Waals surface area contributed by atoms with Gasteiger partial charge in [0.05, 0.1) is 19.8 Å². The van der Waals surface area contributed by atoms with Crippen molar-refractivity contribution in [2.45, 2.75) is 256 Å². The molecule has 0 amide bonds. The molecule has 0 radical (unpaired) electrons. The highest BCUT2D eigenvalue weighted by Crippen LogP contribution is 2.23. The minimum Gasteiger partial charge on any atom is -0.457 e. The Bertz CT molecular complexity index is 797. The number of unbranched alkanes of at least 4 members (excludes halogenated alkanes) is 29. The number of carbonyl (C=O) groups excluding carboxylic acids is 1. The highest BCUT2D eigenvalue weighted by molar-refractivity contribution is 5.69. The number of hydrogen-bond acceptors (Lipinski definition) is 9. The van der Waals surface area contributed by atoms with E-state index in [1.807, 2.05) is 0 Å². The van der Waals surface area contributed by atoms with Gasteiger partial charge >= 0.3 is 5.97 Å². The van der Waals surface area contributed by atoms with Crippen LogP contribution in [0.5, 0.6) is 0 Å². The first kappa shape index (κ1) is 51.2. The predicted molar refractivity (Wildman–Crippen MR) is 220 cm³/mol. The second-order valence-corrected chi connectivity index (χ2v) is 16.2. The Morgan fingerprint density at radius 2 is 0.907 bits per heavy atom. The van der Waals surface area contributed by atoms with Crippen LogP contribution in [0.3, 0.4) is 0 Å². The zero-order valence-electron chi connectivity index (χ0n) is 35.3. The van der Waals surface area contributed by atoms with Crippen molar-refractivity contribution >= 4 is 5.97 Å². The minimum atomic E-state index is -1.53. The lowest BCUT2D eigenvalue weighted by Gasteiger charge is -2.39. The molecule has 4 N–H and O–H groups in total. The molecule has 0 aliphatic carbocycles. The molecule has 0 aromatic carbocycles. The summed E-state index contributed by atoms with van der Waals surface area (Å²) in [5, 5.41) is 40.1. The third-order valence-electron chi connectivity index (χ3n) is 11.0. The Kier molecular flexibility index (Phi) is 35.8. The summed E-state index contributed by atoms with van der Waals surface area (Å²) in [6.45, 7) is 4.60. The van der Waals surface area contributed by atoms with Gasteiger partial charge in [0.15, 0.2) is 6.29 Å². The number of esters is 1. The number of rotatable bonds is 40. The first-order chi connectivity index (χ1) is 26.4. The molecular weight excluding hydrogens is 684 g/mol. The number of aliphatic hydroxyl groups excluding tert-OH is 4. The highest BCUT2D eigenvalue weighted by Gasteiger charge is 2.44. The van der Waals surface area contributed by atoms with Crippen molar-refractivity contribution in [1.29, 1.82) is 0 Å². The van der Waals surface area contributed by atoms with E-state index < -0.39 is 43.4 Å². The van der Waals surface area contributed by atoms with Crippen LogP contribution in [0.4, 0.5) is 0 Å². The van der Waals surface area contributed by atoms with Crippen molar-refractivity contribution in [2.24, 2.45) is 0 Å². The van der Waals surface area contributed by atoms with Gasteiger partial charge in [-0.25, -0.2) is 0 Å². The average Bonchev–Trinajstić information content (AvgIpc) is 3.17. The number of aliphatic hydroxyl groups is 4. The van der Waals surface area contributed by atoms with E-state index in [2.05, 4.69) is 13.8 Å². The summed E-state index contributed by atoms with van der Waals surface area (Å²) >= 11 is 0. The summed E-state index contributed by atoms with van der Waals surface area (Å²) in [7, 11) is 0. The Hall–Kier alpha value is -0.810. The van der Waals surface area contributed by atoms with Gasteiger partial charge in [-0.1, -0.05) is 200 Å². The molecule has 0 bridgehead atoms. The molecule has 1 aliphatic rings.